The van der Waals surface area contributed by atoms with Gasteiger partial charge in [-0.2, -0.15) is 0 Å². The first-order valence-corrected chi connectivity index (χ1v) is 11.1. The largest absolute Gasteiger partial charge is 0.497 e. The molecule has 0 saturated heterocycles. The number of benzene rings is 2. The fourth-order valence-corrected chi connectivity index (χ4v) is 4.71. The van der Waals surface area contributed by atoms with Crippen LogP contribution in [0, 0.1) is 17.7 Å². The van der Waals surface area contributed by atoms with Crippen LogP contribution in [0.4, 0.5) is 4.39 Å². The van der Waals surface area contributed by atoms with Crippen LogP contribution in [-0.4, -0.2) is 7.11 Å². The van der Waals surface area contributed by atoms with Gasteiger partial charge in [-0.25, -0.2) is 4.39 Å². The Labute approximate surface area is 174 Å². The SMILES string of the molecule is CCCCC1CCC(CCc2ccc(-c3ccc(OC)cc3F)cc2Cl)CC1. The van der Waals surface area contributed by atoms with Crippen LogP contribution in [0.25, 0.3) is 11.1 Å². The van der Waals surface area contributed by atoms with Crippen LogP contribution in [0.15, 0.2) is 36.4 Å². The second kappa shape index (κ2) is 10.3. The Hall–Kier alpha value is -1.54. The van der Waals surface area contributed by atoms with Gasteiger partial charge in [0, 0.05) is 16.7 Å². The van der Waals surface area contributed by atoms with Gasteiger partial charge in [0.15, 0.2) is 0 Å². The first kappa shape index (κ1) is 21.2. The standard InChI is InChI=1S/C25H32ClFO/c1-3-4-5-18-6-8-19(9-7-18)10-11-20-12-13-21(16-24(20)26)23-15-14-22(28-2)17-25(23)27/h12-19H,3-11H2,1-2H3. The maximum Gasteiger partial charge on any atom is 0.134 e. The van der Waals surface area contributed by atoms with E-state index >= 15 is 0 Å². The third kappa shape index (κ3) is 5.50. The van der Waals surface area contributed by atoms with Crippen molar-refractivity contribution in [2.24, 2.45) is 11.8 Å². The molecule has 1 aliphatic carbocycles. The zero-order chi connectivity index (χ0) is 19.9. The van der Waals surface area contributed by atoms with Crippen molar-refractivity contribution in [2.45, 2.75) is 64.7 Å². The fourth-order valence-electron chi connectivity index (χ4n) is 4.44. The number of hydrogen-bond acceptors (Lipinski definition) is 1. The number of halogens is 2. The highest BCUT2D eigenvalue weighted by Gasteiger charge is 2.21. The van der Waals surface area contributed by atoms with E-state index in [-0.39, 0.29) is 5.82 Å². The molecule has 1 aliphatic rings. The van der Waals surface area contributed by atoms with E-state index in [1.54, 1.807) is 12.1 Å². The molecule has 152 valence electrons. The number of methoxy groups -OCH3 is 1. The summed E-state index contributed by atoms with van der Waals surface area (Å²) in [5, 5.41) is 0.740. The Balaban J connectivity index is 1.56. The van der Waals surface area contributed by atoms with E-state index in [1.807, 2.05) is 12.1 Å². The van der Waals surface area contributed by atoms with Crippen molar-refractivity contribution in [1.82, 2.24) is 0 Å². The summed E-state index contributed by atoms with van der Waals surface area (Å²) in [5.74, 6) is 2.02. The number of rotatable bonds is 8. The van der Waals surface area contributed by atoms with Gasteiger partial charge < -0.3 is 4.74 Å². The van der Waals surface area contributed by atoms with Crippen molar-refractivity contribution in [3.63, 3.8) is 0 Å². The Morgan fingerprint density at radius 3 is 2.32 bits per heavy atom. The molecule has 0 radical (unpaired) electrons. The summed E-state index contributed by atoms with van der Waals surface area (Å²) in [6.45, 7) is 2.28. The molecule has 2 aromatic carbocycles. The quantitative estimate of drug-likeness (QED) is 0.433. The lowest BCUT2D eigenvalue weighted by molar-refractivity contribution is 0.250. The van der Waals surface area contributed by atoms with Gasteiger partial charge in [-0.15, -0.1) is 0 Å². The third-order valence-electron chi connectivity index (χ3n) is 6.29. The van der Waals surface area contributed by atoms with Crippen LogP contribution in [-0.2, 0) is 6.42 Å². The summed E-state index contributed by atoms with van der Waals surface area (Å²) >= 11 is 6.54. The van der Waals surface area contributed by atoms with Crippen molar-refractivity contribution < 1.29 is 9.13 Å². The minimum Gasteiger partial charge on any atom is -0.497 e. The minimum atomic E-state index is -0.289. The van der Waals surface area contributed by atoms with Gasteiger partial charge in [0.1, 0.15) is 11.6 Å². The minimum absolute atomic E-state index is 0.289. The van der Waals surface area contributed by atoms with Crippen molar-refractivity contribution >= 4 is 11.6 Å². The van der Waals surface area contributed by atoms with Gasteiger partial charge in [0.05, 0.1) is 7.11 Å². The molecule has 28 heavy (non-hydrogen) atoms. The molecule has 0 aromatic heterocycles. The second-order valence-corrected chi connectivity index (χ2v) is 8.63. The summed E-state index contributed by atoms with van der Waals surface area (Å²) in [5.41, 5.74) is 2.54. The first-order valence-electron chi connectivity index (χ1n) is 10.7. The molecule has 0 amide bonds. The summed E-state index contributed by atoms with van der Waals surface area (Å²) in [6.07, 6.45) is 11.8. The molecule has 0 atom stereocenters. The Kier molecular flexibility index (Phi) is 7.79. The Morgan fingerprint density at radius 1 is 1.00 bits per heavy atom. The average Bonchev–Trinajstić information content (AvgIpc) is 2.72. The van der Waals surface area contributed by atoms with E-state index in [0.717, 1.165) is 28.8 Å². The van der Waals surface area contributed by atoms with Gasteiger partial charge in [-0.3, -0.25) is 0 Å². The van der Waals surface area contributed by atoms with Crippen LogP contribution in [0.3, 0.4) is 0 Å². The molecular weight excluding hydrogens is 371 g/mol. The van der Waals surface area contributed by atoms with Gasteiger partial charge in [0.2, 0.25) is 0 Å². The Morgan fingerprint density at radius 2 is 1.71 bits per heavy atom. The average molecular weight is 403 g/mol. The maximum absolute atomic E-state index is 14.3. The van der Waals surface area contributed by atoms with Gasteiger partial charge in [-0.05, 0) is 54.0 Å². The number of unbranched alkanes of at least 4 members (excludes halogenated alkanes) is 1. The molecule has 0 unspecified atom stereocenters. The maximum atomic E-state index is 14.3. The predicted octanol–water partition coefficient (Wildman–Crippen LogP) is 8.08. The lowest BCUT2D eigenvalue weighted by Crippen LogP contribution is -2.15. The van der Waals surface area contributed by atoms with Crippen molar-refractivity contribution in [1.29, 1.82) is 0 Å². The molecule has 0 aliphatic heterocycles. The molecule has 1 saturated carbocycles. The highest BCUT2D eigenvalue weighted by Crippen LogP contribution is 2.35. The van der Waals surface area contributed by atoms with E-state index in [2.05, 4.69) is 13.0 Å². The van der Waals surface area contributed by atoms with E-state index < -0.39 is 0 Å². The third-order valence-corrected chi connectivity index (χ3v) is 6.65. The van der Waals surface area contributed by atoms with E-state index in [9.17, 15) is 4.39 Å². The van der Waals surface area contributed by atoms with Gasteiger partial charge in [0.25, 0.3) is 0 Å². The van der Waals surface area contributed by atoms with Crippen LogP contribution < -0.4 is 4.74 Å². The van der Waals surface area contributed by atoms with E-state index in [4.69, 9.17) is 16.3 Å². The van der Waals surface area contributed by atoms with Crippen LogP contribution in [0.2, 0.25) is 5.02 Å². The molecule has 0 heterocycles. The van der Waals surface area contributed by atoms with Crippen molar-refractivity contribution in [2.75, 3.05) is 7.11 Å². The molecule has 1 nitrogen and oxygen atoms in total. The monoisotopic (exact) mass is 402 g/mol. The van der Waals surface area contributed by atoms with Crippen molar-refractivity contribution in [3.05, 3.63) is 52.8 Å². The van der Waals surface area contributed by atoms with Crippen LogP contribution in [0.5, 0.6) is 5.75 Å². The zero-order valence-electron chi connectivity index (χ0n) is 17.1. The van der Waals surface area contributed by atoms with Crippen LogP contribution >= 0.6 is 11.6 Å². The molecule has 3 heteroatoms. The predicted molar refractivity (Wildman–Crippen MR) is 117 cm³/mol. The van der Waals surface area contributed by atoms with E-state index in [1.165, 1.54) is 70.1 Å². The molecule has 1 fully saturated rings. The fraction of sp³-hybridized carbons (Fsp3) is 0.520. The first-order chi connectivity index (χ1) is 13.6. The zero-order valence-corrected chi connectivity index (χ0v) is 17.9. The van der Waals surface area contributed by atoms with Gasteiger partial charge in [-0.1, -0.05) is 75.6 Å². The number of hydrogen-bond donors (Lipinski definition) is 0. The highest BCUT2D eigenvalue weighted by molar-refractivity contribution is 6.31. The topological polar surface area (TPSA) is 9.23 Å². The van der Waals surface area contributed by atoms with Crippen LogP contribution in [0.1, 0.15) is 63.9 Å². The van der Waals surface area contributed by atoms with E-state index in [0.29, 0.717) is 11.3 Å². The lowest BCUT2D eigenvalue weighted by atomic mass is 9.78. The normalized spacial score (nSPS) is 19.6. The number of aryl methyl sites for hydroxylation is 1. The summed E-state index contributed by atoms with van der Waals surface area (Å²) < 4.78 is 19.4. The second-order valence-electron chi connectivity index (χ2n) is 8.22. The molecule has 2 aromatic rings. The molecule has 0 N–H and O–H groups in total. The molecule has 0 spiro atoms. The van der Waals surface area contributed by atoms with Gasteiger partial charge >= 0.3 is 0 Å². The lowest BCUT2D eigenvalue weighted by Gasteiger charge is -2.28. The smallest absolute Gasteiger partial charge is 0.134 e. The molecular formula is C25H32ClFO. The Bertz CT molecular complexity index is 765. The summed E-state index contributed by atoms with van der Waals surface area (Å²) in [4.78, 5) is 0. The van der Waals surface area contributed by atoms with Crippen molar-refractivity contribution in [3.8, 4) is 16.9 Å². The summed E-state index contributed by atoms with van der Waals surface area (Å²) in [6, 6.07) is 10.9. The molecule has 3 rings (SSSR count). The highest BCUT2D eigenvalue weighted by atomic mass is 35.5. The summed E-state index contributed by atoms with van der Waals surface area (Å²) in [7, 11) is 1.54. The number of ether oxygens (including phenoxy) is 1. The molecule has 0 bridgehead atoms.